The first-order valence-corrected chi connectivity index (χ1v) is 21.5. The van der Waals surface area contributed by atoms with E-state index >= 15 is 0 Å². The molecular formula is C45H64O15. The van der Waals surface area contributed by atoms with Crippen LogP contribution in [0.15, 0.2) is 54.1 Å². The van der Waals surface area contributed by atoms with E-state index in [9.17, 15) is 34.5 Å². The van der Waals surface area contributed by atoms with Crippen LogP contribution < -0.4 is 0 Å². The van der Waals surface area contributed by atoms with E-state index in [1.165, 1.54) is 13.2 Å². The van der Waals surface area contributed by atoms with E-state index in [0.717, 1.165) is 25.7 Å². The third-order valence-electron chi connectivity index (χ3n) is 11.6. The molecule has 1 aromatic rings. The van der Waals surface area contributed by atoms with E-state index in [1.54, 1.807) is 50.3 Å². The average Bonchev–Trinajstić information content (AvgIpc) is 3.21. The lowest BCUT2D eigenvalue weighted by atomic mass is 9.74. The van der Waals surface area contributed by atoms with Crippen molar-refractivity contribution in [1.82, 2.24) is 0 Å². The minimum atomic E-state index is -2.31. The van der Waals surface area contributed by atoms with Crippen molar-refractivity contribution in [3.05, 3.63) is 59.7 Å². The van der Waals surface area contributed by atoms with Crippen LogP contribution in [-0.4, -0.2) is 120 Å². The fourth-order valence-corrected chi connectivity index (χ4v) is 8.31. The number of ether oxygens (including phenoxy) is 8. The summed E-state index contributed by atoms with van der Waals surface area (Å²) in [6.07, 6.45) is 2.62. The lowest BCUT2D eigenvalue weighted by Gasteiger charge is -2.51. The van der Waals surface area contributed by atoms with Crippen LogP contribution in [0.4, 0.5) is 0 Å². The van der Waals surface area contributed by atoms with Gasteiger partial charge in [-0.05, 0) is 43.0 Å². The molecule has 6 bridgehead atoms. The van der Waals surface area contributed by atoms with Crippen LogP contribution in [0.3, 0.4) is 0 Å². The lowest BCUT2D eigenvalue weighted by Crippen LogP contribution is -2.62. The van der Waals surface area contributed by atoms with E-state index in [-0.39, 0.29) is 37.4 Å². The Morgan fingerprint density at radius 3 is 2.35 bits per heavy atom. The number of aliphatic hydroxyl groups excluding tert-OH is 2. The van der Waals surface area contributed by atoms with Gasteiger partial charge in [0.15, 0.2) is 12.4 Å². The molecule has 0 amide bonds. The Kier molecular flexibility index (Phi) is 17.7. The molecule has 1 aromatic carbocycles. The maximum absolute atomic E-state index is 13.4. The molecule has 0 spiro atoms. The molecule has 15 nitrogen and oxygen atoms in total. The van der Waals surface area contributed by atoms with Gasteiger partial charge in [-0.3, -0.25) is 9.59 Å². The summed E-state index contributed by atoms with van der Waals surface area (Å²) in [6, 6.07) is 8.67. The number of carbonyl (C=O) groups is 4. The van der Waals surface area contributed by atoms with Gasteiger partial charge in [-0.25, -0.2) is 9.59 Å². The van der Waals surface area contributed by atoms with E-state index in [0.29, 0.717) is 44.3 Å². The predicted molar refractivity (Wildman–Crippen MR) is 215 cm³/mol. The number of methoxy groups -OCH3 is 1. The van der Waals surface area contributed by atoms with E-state index in [4.69, 9.17) is 37.9 Å². The zero-order valence-electron chi connectivity index (χ0n) is 35.4. The maximum Gasteiger partial charge on any atom is 0.338 e. The van der Waals surface area contributed by atoms with Crippen LogP contribution in [-0.2, 0) is 52.3 Å². The highest BCUT2D eigenvalue weighted by molar-refractivity contribution is 5.89. The molecule has 3 fully saturated rings. The van der Waals surface area contributed by atoms with Crippen LogP contribution in [0.1, 0.15) is 121 Å². The Morgan fingerprint density at radius 2 is 1.63 bits per heavy atom. The third-order valence-corrected chi connectivity index (χ3v) is 11.6. The lowest BCUT2D eigenvalue weighted by molar-refractivity contribution is -0.327. The topological polar surface area (TPSA) is 203 Å². The predicted octanol–water partition coefficient (Wildman–Crippen LogP) is 5.16. The van der Waals surface area contributed by atoms with Crippen molar-refractivity contribution in [2.75, 3.05) is 20.3 Å². The van der Waals surface area contributed by atoms with Crippen LogP contribution in [0, 0.1) is 5.41 Å². The Bertz CT molecular complexity index is 1630. The van der Waals surface area contributed by atoms with Gasteiger partial charge in [0.05, 0.1) is 62.8 Å². The zero-order chi connectivity index (χ0) is 43.3. The van der Waals surface area contributed by atoms with Crippen molar-refractivity contribution in [3.63, 3.8) is 0 Å². The monoisotopic (exact) mass is 844 g/mol. The number of aliphatic hydroxyl groups is 3. The second-order valence-corrected chi connectivity index (χ2v) is 16.9. The van der Waals surface area contributed by atoms with Crippen molar-refractivity contribution in [2.45, 2.75) is 172 Å². The van der Waals surface area contributed by atoms with E-state index in [2.05, 4.69) is 6.92 Å². The number of rotatable bonds is 11. The molecule has 4 aliphatic rings. The van der Waals surface area contributed by atoms with Gasteiger partial charge in [-0.15, -0.1) is 0 Å². The van der Waals surface area contributed by atoms with Crippen molar-refractivity contribution >= 4 is 23.9 Å². The van der Waals surface area contributed by atoms with Crippen LogP contribution >= 0.6 is 0 Å². The first-order chi connectivity index (χ1) is 28.7. The Hall–Kier alpha value is -3.70. The number of unbranched alkanes of at least 4 members (excludes halogenated alkanes) is 4. The second-order valence-electron chi connectivity index (χ2n) is 16.9. The fraction of sp³-hybridized carbons (Fsp3) is 0.689. The summed E-state index contributed by atoms with van der Waals surface area (Å²) in [4.78, 5) is 52.4. The molecule has 3 N–H and O–H groups in total. The molecule has 15 heteroatoms. The van der Waals surface area contributed by atoms with Gasteiger partial charge in [-0.1, -0.05) is 70.7 Å². The smallest absolute Gasteiger partial charge is 0.338 e. The molecule has 0 saturated carbocycles. The minimum absolute atomic E-state index is 0.0448. The molecule has 0 radical (unpaired) electrons. The summed E-state index contributed by atoms with van der Waals surface area (Å²) >= 11 is 0. The second kappa shape index (κ2) is 22.4. The SMILES string of the molecule is CCCCCCCC(=O)O[C@H]1C(=CC(=O)OC)C[C@H]2C[C@H](CO)OC(=O)C[C@H](O)C[C@@H]3C[C@H](OC(=O)c4ccccc4)C[C@H](C[C@@H]4CCO[C@H](C=CC(C)(C)[C@]1(O)O2)O4)O3. The van der Waals surface area contributed by atoms with Crippen molar-refractivity contribution in [2.24, 2.45) is 5.41 Å². The molecule has 3 saturated heterocycles. The van der Waals surface area contributed by atoms with Crippen molar-refractivity contribution in [3.8, 4) is 0 Å². The molecular weight excluding hydrogens is 780 g/mol. The summed E-state index contributed by atoms with van der Waals surface area (Å²) in [7, 11) is 1.21. The largest absolute Gasteiger partial charge is 0.466 e. The number of fused-ring (bicyclic) bond motifs is 6. The number of esters is 4. The van der Waals surface area contributed by atoms with Gasteiger partial charge in [0.1, 0.15) is 12.2 Å². The molecule has 4 heterocycles. The third kappa shape index (κ3) is 13.4. The van der Waals surface area contributed by atoms with Gasteiger partial charge in [0, 0.05) is 50.0 Å². The van der Waals surface area contributed by atoms with Crippen molar-refractivity contribution in [1.29, 1.82) is 0 Å². The van der Waals surface area contributed by atoms with E-state index < -0.39 is 97.1 Å². The Labute approximate surface area is 352 Å². The van der Waals surface area contributed by atoms with E-state index in [1.807, 2.05) is 6.07 Å². The highest BCUT2D eigenvalue weighted by atomic mass is 16.7. The van der Waals surface area contributed by atoms with Gasteiger partial charge in [0.25, 0.3) is 0 Å². The fourth-order valence-electron chi connectivity index (χ4n) is 8.31. The summed E-state index contributed by atoms with van der Waals surface area (Å²) in [5, 5.41) is 34.2. The first kappa shape index (κ1) is 47.4. The Morgan fingerprint density at radius 1 is 0.900 bits per heavy atom. The molecule has 5 rings (SSSR count). The standard InChI is InChI=1S/C45H64O15/c1-5-6-7-8-12-15-38(48)59-42-30(21-39(49)53-4)20-36-27-37(28-46)56-40(50)23-31(47)22-33-25-35(58-43(51)29-13-10-9-11-14-29)26-34(55-33)24-32-17-19-54-41(57-32)16-18-44(2,3)45(42,52)60-36/h9-11,13-14,16,18,21,31-37,41-42,46-47,52H,5-8,12,15,17,19-20,22-28H2,1-4H3/t31-,32+,33-,34+,35+,36+,37-,41+,42+,45-/m1/s1. The summed E-state index contributed by atoms with van der Waals surface area (Å²) in [5.74, 6) is -4.90. The van der Waals surface area contributed by atoms with Crippen LogP contribution in [0.25, 0.3) is 0 Å². The molecule has 4 aliphatic heterocycles. The Balaban J connectivity index is 1.44. The average molecular weight is 845 g/mol. The maximum atomic E-state index is 13.4. The molecule has 60 heavy (non-hydrogen) atoms. The summed E-state index contributed by atoms with van der Waals surface area (Å²) in [6.45, 7) is 5.19. The van der Waals surface area contributed by atoms with Crippen molar-refractivity contribution < 1.29 is 72.4 Å². The number of hydrogen-bond acceptors (Lipinski definition) is 15. The number of cyclic esters (lactones) is 1. The molecule has 10 atom stereocenters. The molecule has 0 aliphatic carbocycles. The molecule has 0 unspecified atom stereocenters. The highest BCUT2D eigenvalue weighted by Gasteiger charge is 2.57. The minimum Gasteiger partial charge on any atom is -0.466 e. The first-order valence-electron chi connectivity index (χ1n) is 21.5. The highest BCUT2D eigenvalue weighted by Crippen LogP contribution is 2.47. The van der Waals surface area contributed by atoms with Crippen LogP contribution in [0.5, 0.6) is 0 Å². The number of carbonyl (C=O) groups excluding carboxylic acids is 4. The molecule has 334 valence electrons. The normalized spacial score (nSPS) is 33.2. The zero-order valence-corrected chi connectivity index (χ0v) is 35.4. The van der Waals surface area contributed by atoms with Crippen LogP contribution in [0.2, 0.25) is 0 Å². The summed E-state index contributed by atoms with van der Waals surface area (Å²) in [5.41, 5.74) is -0.737. The quantitative estimate of drug-likeness (QED) is 0.0866. The number of hydrogen-bond donors (Lipinski definition) is 3. The molecule has 0 aromatic heterocycles. The summed E-state index contributed by atoms with van der Waals surface area (Å²) < 4.78 is 47.8. The number of benzene rings is 1. The van der Waals surface area contributed by atoms with Gasteiger partial charge in [0.2, 0.25) is 5.79 Å². The van der Waals surface area contributed by atoms with Gasteiger partial charge < -0.3 is 53.2 Å². The van der Waals surface area contributed by atoms with Gasteiger partial charge >= 0.3 is 23.9 Å². The van der Waals surface area contributed by atoms with Gasteiger partial charge in [-0.2, -0.15) is 0 Å².